The number of quaternary nitrogens is 1. The average Bonchev–Trinajstić information content (AvgIpc) is 3.59. The Hall–Kier alpha value is -3.37. The van der Waals surface area contributed by atoms with Gasteiger partial charge < -0.3 is 14.2 Å². The second-order valence-corrected chi connectivity index (χ2v) is 18.3. The smallest absolute Gasteiger partial charge is 0.319 e. The lowest BCUT2D eigenvalue weighted by molar-refractivity contribution is -0.869. The number of hydrogen-bond donors (Lipinski definition) is 1. The number of aromatic nitrogens is 2. The zero-order chi connectivity index (χ0) is 29.3. The van der Waals surface area contributed by atoms with E-state index >= 15 is 0 Å². The number of nitrogens with one attached hydrogen (secondary N) is 1. The van der Waals surface area contributed by atoms with Crippen LogP contribution in [0.15, 0.2) is 84.2 Å². The predicted octanol–water partition coefficient (Wildman–Crippen LogP) is 5.79. The quantitative estimate of drug-likeness (QED) is 0.172. The van der Waals surface area contributed by atoms with Crippen LogP contribution in [0.5, 0.6) is 5.75 Å². The third-order valence-corrected chi connectivity index (χ3v) is 14.0. The lowest BCUT2D eigenvalue weighted by Gasteiger charge is -2.43. The van der Waals surface area contributed by atoms with Crippen LogP contribution in [0.1, 0.15) is 31.3 Å². The third-order valence-electron chi connectivity index (χ3n) is 7.04. The lowest BCUT2D eigenvalue weighted by atomic mass is 10.2. The highest BCUT2D eigenvalue weighted by atomic mass is 32.1. The maximum Gasteiger partial charge on any atom is 0.319 e. The summed E-state index contributed by atoms with van der Waals surface area (Å²) in [6.45, 7) is 8.28. The number of nitrogens with zero attached hydrogens (tertiary/aromatic N) is 3. The van der Waals surface area contributed by atoms with Crippen LogP contribution in [0.4, 0.5) is 0 Å². The van der Waals surface area contributed by atoms with Crippen LogP contribution in [-0.2, 0) is 0 Å². The normalized spacial score (nSPS) is 12.4. The summed E-state index contributed by atoms with van der Waals surface area (Å²) in [6.07, 6.45) is 0. The van der Waals surface area contributed by atoms with Crippen LogP contribution >= 0.6 is 22.7 Å². The van der Waals surface area contributed by atoms with E-state index in [0.717, 1.165) is 37.0 Å². The molecule has 0 spiro atoms. The standard InChI is InChI=1S/C32H36N4O2S2Si/c1-32(2,3)41(24-13-9-7-10-14-24,25-15-11-8-12-16-25)38-23-17-18-26-28(21-23)40-31(34-26)30-35-27(22-39-30)29(37)33-19-20-36(4,5)6/h7-18,21-22H,19-20H2,1-6H3/p+1. The number of hydrogen-bond acceptors (Lipinski definition) is 6. The summed E-state index contributed by atoms with van der Waals surface area (Å²) in [7, 11) is 3.57. The molecule has 6 nitrogen and oxygen atoms in total. The van der Waals surface area contributed by atoms with Crippen molar-refractivity contribution in [2.75, 3.05) is 34.2 Å². The zero-order valence-corrected chi connectivity index (χ0v) is 27.1. The number of rotatable bonds is 9. The van der Waals surface area contributed by atoms with E-state index in [1.807, 2.05) is 12.1 Å². The minimum atomic E-state index is -2.74. The summed E-state index contributed by atoms with van der Waals surface area (Å²) in [5, 5.41) is 8.67. The number of thiazole rings is 2. The van der Waals surface area contributed by atoms with Gasteiger partial charge in [0.15, 0.2) is 10.0 Å². The first-order valence-electron chi connectivity index (χ1n) is 13.7. The first-order valence-corrected chi connectivity index (χ1v) is 17.3. The molecule has 0 bridgehead atoms. The molecule has 1 N–H and O–H groups in total. The average molecular weight is 602 g/mol. The van der Waals surface area contributed by atoms with E-state index in [0.29, 0.717) is 12.2 Å². The Balaban J connectivity index is 1.45. The summed E-state index contributed by atoms with van der Waals surface area (Å²) < 4.78 is 9.02. The molecule has 0 aliphatic heterocycles. The summed E-state index contributed by atoms with van der Waals surface area (Å²) in [4.78, 5) is 22.1. The number of carbonyl (C=O) groups excluding carboxylic acids is 1. The van der Waals surface area contributed by atoms with Gasteiger partial charge in [0.25, 0.3) is 5.91 Å². The summed E-state index contributed by atoms with van der Waals surface area (Å²) in [5.41, 5.74) is 1.32. The summed E-state index contributed by atoms with van der Waals surface area (Å²) in [6, 6.07) is 27.5. The van der Waals surface area contributed by atoms with Crippen molar-refractivity contribution < 1.29 is 13.7 Å². The molecular weight excluding hydrogens is 565 g/mol. The molecule has 5 rings (SSSR count). The van der Waals surface area contributed by atoms with Gasteiger partial charge in [-0.2, -0.15) is 0 Å². The Morgan fingerprint density at radius 2 is 1.54 bits per heavy atom. The molecule has 0 unspecified atom stereocenters. The third kappa shape index (κ3) is 6.28. The molecule has 0 radical (unpaired) electrons. The Morgan fingerprint density at radius 3 is 2.12 bits per heavy atom. The van der Waals surface area contributed by atoms with Crippen molar-refractivity contribution in [3.63, 3.8) is 0 Å². The van der Waals surface area contributed by atoms with Gasteiger partial charge in [-0.3, -0.25) is 4.79 Å². The number of amides is 1. The largest absolute Gasteiger partial charge is 0.534 e. The van der Waals surface area contributed by atoms with Crippen molar-refractivity contribution >= 4 is 57.5 Å². The van der Waals surface area contributed by atoms with E-state index in [9.17, 15) is 4.79 Å². The van der Waals surface area contributed by atoms with Crippen LogP contribution in [-0.4, -0.2) is 62.9 Å². The van der Waals surface area contributed by atoms with Gasteiger partial charge in [0.05, 0.1) is 44.4 Å². The number of fused-ring (bicyclic) bond motifs is 1. The fourth-order valence-electron chi connectivity index (χ4n) is 4.96. The van der Waals surface area contributed by atoms with E-state index < -0.39 is 8.32 Å². The molecule has 0 saturated heterocycles. The fourth-order valence-corrected chi connectivity index (χ4v) is 11.2. The van der Waals surface area contributed by atoms with Crippen LogP contribution in [0, 0.1) is 0 Å². The van der Waals surface area contributed by atoms with Crippen molar-refractivity contribution in [1.29, 1.82) is 0 Å². The molecule has 2 heterocycles. The molecule has 41 heavy (non-hydrogen) atoms. The van der Waals surface area contributed by atoms with Gasteiger partial charge in [0.2, 0.25) is 0 Å². The van der Waals surface area contributed by atoms with E-state index in [2.05, 4.69) is 119 Å². The van der Waals surface area contributed by atoms with Crippen molar-refractivity contribution in [1.82, 2.24) is 15.3 Å². The molecule has 3 aromatic carbocycles. The minimum Gasteiger partial charge on any atom is -0.534 e. The number of carbonyl (C=O) groups is 1. The Bertz CT molecular complexity index is 1600. The van der Waals surface area contributed by atoms with Gasteiger partial charge in [0.1, 0.15) is 11.4 Å². The van der Waals surface area contributed by atoms with Crippen LogP contribution in [0.2, 0.25) is 5.04 Å². The first-order chi connectivity index (χ1) is 19.5. The van der Waals surface area contributed by atoms with Crippen molar-refractivity contribution in [3.8, 4) is 15.8 Å². The second-order valence-electron chi connectivity index (χ2n) is 12.2. The van der Waals surface area contributed by atoms with E-state index in [4.69, 9.17) is 9.41 Å². The Labute approximate surface area is 251 Å². The van der Waals surface area contributed by atoms with Crippen LogP contribution < -0.4 is 20.1 Å². The van der Waals surface area contributed by atoms with Crippen molar-refractivity contribution in [3.05, 3.63) is 89.9 Å². The fraction of sp³-hybridized carbons (Fsp3) is 0.281. The van der Waals surface area contributed by atoms with Crippen LogP contribution in [0.3, 0.4) is 0 Å². The summed E-state index contributed by atoms with van der Waals surface area (Å²) >= 11 is 3.02. The number of likely N-dealkylation sites (N-methyl/N-ethyl adjacent to an activating group) is 1. The SMILES string of the molecule is CC(C)(C)[Si](Oc1ccc2nc(-c3nc(C(=O)NCC[N+](C)(C)C)cs3)sc2c1)(c1ccccc1)c1ccccc1. The van der Waals surface area contributed by atoms with Crippen LogP contribution in [0.25, 0.3) is 20.2 Å². The molecule has 1 amide bonds. The highest BCUT2D eigenvalue weighted by Gasteiger charge is 2.52. The maximum absolute atomic E-state index is 12.6. The van der Waals surface area contributed by atoms with Crippen molar-refractivity contribution in [2.24, 2.45) is 0 Å². The molecule has 0 aliphatic carbocycles. The predicted molar refractivity (Wildman–Crippen MR) is 174 cm³/mol. The molecular formula is C32H37N4O2S2Si+. The Morgan fingerprint density at radius 1 is 0.902 bits per heavy atom. The second kappa shape index (κ2) is 11.5. The maximum atomic E-state index is 12.6. The zero-order valence-electron chi connectivity index (χ0n) is 24.5. The van der Waals surface area contributed by atoms with Gasteiger partial charge in [-0.15, -0.1) is 22.7 Å². The van der Waals surface area contributed by atoms with E-state index in [1.165, 1.54) is 21.7 Å². The molecule has 0 aliphatic rings. The lowest BCUT2D eigenvalue weighted by Crippen LogP contribution is -2.68. The van der Waals surface area contributed by atoms with Gasteiger partial charge in [-0.25, -0.2) is 9.97 Å². The highest BCUT2D eigenvalue weighted by Crippen LogP contribution is 2.39. The van der Waals surface area contributed by atoms with Gasteiger partial charge in [-0.05, 0) is 33.6 Å². The summed E-state index contributed by atoms with van der Waals surface area (Å²) in [5.74, 6) is 0.682. The monoisotopic (exact) mass is 601 g/mol. The van der Waals surface area contributed by atoms with E-state index in [-0.39, 0.29) is 10.9 Å². The molecule has 5 aromatic rings. The molecule has 2 aromatic heterocycles. The van der Waals surface area contributed by atoms with Crippen molar-refractivity contribution in [2.45, 2.75) is 25.8 Å². The molecule has 9 heteroatoms. The van der Waals surface area contributed by atoms with Gasteiger partial charge >= 0.3 is 8.32 Å². The van der Waals surface area contributed by atoms with Gasteiger partial charge in [0, 0.05) is 5.38 Å². The van der Waals surface area contributed by atoms with Gasteiger partial charge in [-0.1, -0.05) is 81.4 Å². The molecule has 0 fully saturated rings. The molecule has 212 valence electrons. The number of benzene rings is 3. The molecule has 0 atom stereocenters. The minimum absolute atomic E-state index is 0.132. The highest BCUT2D eigenvalue weighted by molar-refractivity contribution is 7.25. The topological polar surface area (TPSA) is 64.1 Å². The Kier molecular flexibility index (Phi) is 8.16. The van der Waals surface area contributed by atoms with E-state index in [1.54, 1.807) is 16.7 Å². The molecule has 0 saturated carbocycles. The first kappa shape index (κ1) is 29.1.